The topological polar surface area (TPSA) is 57.7 Å². The molecule has 0 saturated carbocycles. The second-order valence-electron chi connectivity index (χ2n) is 6.70. The first-order chi connectivity index (χ1) is 11.4. The Balaban J connectivity index is 1.68. The smallest absolute Gasteiger partial charge is 0.232 e. The molecule has 0 aromatic heterocycles. The van der Waals surface area contributed by atoms with E-state index in [4.69, 9.17) is 10.7 Å². The van der Waals surface area contributed by atoms with Gasteiger partial charge in [0.25, 0.3) is 0 Å². The van der Waals surface area contributed by atoms with Crippen molar-refractivity contribution in [3.8, 4) is 0 Å². The fraction of sp³-hybridized carbons (Fsp3) is 0.588. The molecule has 132 valence electrons. The maximum absolute atomic E-state index is 12.2. The maximum Gasteiger partial charge on any atom is 0.232 e. The van der Waals surface area contributed by atoms with Crippen molar-refractivity contribution in [2.45, 2.75) is 32.1 Å². The van der Waals surface area contributed by atoms with E-state index >= 15 is 0 Å². The van der Waals surface area contributed by atoms with E-state index in [0.29, 0.717) is 6.54 Å². The molecule has 7 heteroatoms. The van der Waals surface area contributed by atoms with Gasteiger partial charge in [-0.1, -0.05) is 12.8 Å². The molecule has 2 aliphatic rings. The van der Waals surface area contributed by atoms with Crippen LogP contribution >= 0.6 is 10.7 Å². The molecule has 0 N–H and O–H groups in total. The highest BCUT2D eigenvalue weighted by molar-refractivity contribution is 8.13. The summed E-state index contributed by atoms with van der Waals surface area (Å²) in [5.41, 5.74) is 2.01. The van der Waals surface area contributed by atoms with Crippen LogP contribution in [-0.2, 0) is 13.8 Å². The monoisotopic (exact) mass is 370 g/mol. The maximum atomic E-state index is 12.2. The van der Waals surface area contributed by atoms with Crippen molar-refractivity contribution in [2.24, 2.45) is 5.92 Å². The number of hydrogen-bond acceptors (Lipinski definition) is 4. The summed E-state index contributed by atoms with van der Waals surface area (Å²) >= 11 is 0. The summed E-state index contributed by atoms with van der Waals surface area (Å²) in [5.74, 6) is -0.420. The van der Waals surface area contributed by atoms with Gasteiger partial charge in [-0.3, -0.25) is 4.79 Å². The molecular formula is C17H23ClN2O3S. The predicted molar refractivity (Wildman–Crippen MR) is 97.2 cm³/mol. The van der Waals surface area contributed by atoms with Crippen LogP contribution in [0.1, 0.15) is 32.1 Å². The Morgan fingerprint density at radius 1 is 1.00 bits per heavy atom. The Morgan fingerprint density at radius 3 is 2.17 bits per heavy atom. The Bertz CT molecular complexity index is 682. The molecule has 2 fully saturated rings. The molecule has 1 atom stereocenters. The Kier molecular flexibility index (Phi) is 5.35. The molecule has 0 spiro atoms. The van der Waals surface area contributed by atoms with Gasteiger partial charge in [-0.15, -0.1) is 0 Å². The molecular weight excluding hydrogens is 348 g/mol. The van der Waals surface area contributed by atoms with Crippen LogP contribution in [0.3, 0.4) is 0 Å². The summed E-state index contributed by atoms with van der Waals surface area (Å²) in [4.78, 5) is 16.2. The van der Waals surface area contributed by atoms with Crippen LogP contribution in [0.4, 0.5) is 11.4 Å². The zero-order valence-corrected chi connectivity index (χ0v) is 15.2. The molecule has 1 aromatic rings. The highest BCUT2D eigenvalue weighted by Crippen LogP contribution is 2.29. The molecule has 5 nitrogen and oxygen atoms in total. The van der Waals surface area contributed by atoms with Gasteiger partial charge in [-0.2, -0.15) is 0 Å². The van der Waals surface area contributed by atoms with Crippen molar-refractivity contribution in [1.29, 1.82) is 0 Å². The number of halogens is 1. The first kappa shape index (κ1) is 17.5. The highest BCUT2D eigenvalue weighted by atomic mass is 35.7. The number of hydrogen-bond donors (Lipinski definition) is 0. The van der Waals surface area contributed by atoms with Gasteiger partial charge in [0.1, 0.15) is 0 Å². The molecule has 24 heavy (non-hydrogen) atoms. The van der Waals surface area contributed by atoms with Crippen LogP contribution in [0.25, 0.3) is 0 Å². The third-order valence-electron chi connectivity index (χ3n) is 4.77. The molecule has 1 amide bonds. The fourth-order valence-corrected chi connectivity index (χ4v) is 4.92. The van der Waals surface area contributed by atoms with Crippen molar-refractivity contribution in [1.82, 2.24) is 0 Å². The van der Waals surface area contributed by atoms with Gasteiger partial charge in [0, 0.05) is 54.0 Å². The lowest BCUT2D eigenvalue weighted by Gasteiger charge is -2.24. The fourth-order valence-electron chi connectivity index (χ4n) is 3.60. The van der Waals surface area contributed by atoms with Crippen molar-refractivity contribution in [3.63, 3.8) is 0 Å². The van der Waals surface area contributed by atoms with Gasteiger partial charge in [-0.25, -0.2) is 8.42 Å². The number of carbonyl (C=O) groups excluding carboxylic acids is 1. The average Bonchev–Trinajstić information content (AvgIpc) is 2.74. The lowest BCUT2D eigenvalue weighted by Crippen LogP contribution is -2.26. The van der Waals surface area contributed by atoms with Gasteiger partial charge >= 0.3 is 0 Å². The van der Waals surface area contributed by atoms with Crippen molar-refractivity contribution >= 4 is 37.0 Å². The van der Waals surface area contributed by atoms with E-state index < -0.39 is 9.05 Å². The van der Waals surface area contributed by atoms with E-state index in [1.54, 1.807) is 4.90 Å². The molecule has 0 bridgehead atoms. The molecule has 1 unspecified atom stereocenters. The number of anilines is 2. The number of carbonyl (C=O) groups is 1. The van der Waals surface area contributed by atoms with Gasteiger partial charge in [0.15, 0.2) is 0 Å². The van der Waals surface area contributed by atoms with Gasteiger partial charge in [0.05, 0.1) is 5.75 Å². The van der Waals surface area contributed by atoms with Gasteiger partial charge in [-0.05, 0) is 37.1 Å². The number of rotatable bonds is 4. The quantitative estimate of drug-likeness (QED) is 0.764. The predicted octanol–water partition coefficient (Wildman–Crippen LogP) is 2.99. The average molecular weight is 371 g/mol. The number of benzene rings is 1. The summed E-state index contributed by atoms with van der Waals surface area (Å²) in [6, 6.07) is 8.02. The molecule has 0 aliphatic carbocycles. The van der Waals surface area contributed by atoms with Gasteiger partial charge in [0.2, 0.25) is 15.0 Å². The minimum atomic E-state index is -3.57. The Labute approximate surface area is 148 Å². The first-order valence-electron chi connectivity index (χ1n) is 8.50. The zero-order chi connectivity index (χ0) is 17.2. The highest BCUT2D eigenvalue weighted by Gasteiger charge is 2.33. The molecule has 2 aliphatic heterocycles. The first-order valence-corrected chi connectivity index (χ1v) is 11.0. The van der Waals surface area contributed by atoms with Crippen LogP contribution in [0.15, 0.2) is 24.3 Å². The van der Waals surface area contributed by atoms with Crippen LogP contribution in [0.5, 0.6) is 0 Å². The van der Waals surface area contributed by atoms with E-state index in [0.717, 1.165) is 18.8 Å². The van der Waals surface area contributed by atoms with Crippen molar-refractivity contribution in [2.75, 3.05) is 35.2 Å². The van der Waals surface area contributed by atoms with E-state index in [1.165, 1.54) is 31.4 Å². The van der Waals surface area contributed by atoms with E-state index in [9.17, 15) is 13.2 Å². The second kappa shape index (κ2) is 7.31. The summed E-state index contributed by atoms with van der Waals surface area (Å²) in [6.45, 7) is 2.57. The summed E-state index contributed by atoms with van der Waals surface area (Å²) in [7, 11) is 1.74. The minimum Gasteiger partial charge on any atom is -0.372 e. The third kappa shape index (κ3) is 4.42. The number of nitrogens with zero attached hydrogens (tertiary/aromatic N) is 2. The largest absolute Gasteiger partial charge is 0.372 e. The third-order valence-corrected chi connectivity index (χ3v) is 6.02. The standard InChI is InChI=1S/C17H23ClN2O3S/c18-24(22,23)13-14-11-17(21)20(12-14)16-7-5-15(6-8-16)19-9-3-1-2-4-10-19/h5-8,14H,1-4,9-13H2. The van der Waals surface area contributed by atoms with Crippen LogP contribution in [-0.4, -0.2) is 39.7 Å². The van der Waals surface area contributed by atoms with Gasteiger partial charge < -0.3 is 9.80 Å². The normalized spacial score (nSPS) is 22.7. The zero-order valence-electron chi connectivity index (χ0n) is 13.7. The molecule has 1 aromatic carbocycles. The SMILES string of the molecule is O=C1CC(CS(=O)(=O)Cl)CN1c1ccc(N2CCCCCC2)cc1. The summed E-state index contributed by atoms with van der Waals surface area (Å²) in [5, 5.41) is 0. The van der Waals surface area contributed by atoms with Crippen LogP contribution in [0.2, 0.25) is 0 Å². The Hall–Kier alpha value is -1.27. The van der Waals surface area contributed by atoms with Crippen LogP contribution < -0.4 is 9.80 Å². The lowest BCUT2D eigenvalue weighted by atomic mass is 10.1. The van der Waals surface area contributed by atoms with E-state index in [1.807, 2.05) is 12.1 Å². The van der Waals surface area contributed by atoms with E-state index in [2.05, 4.69) is 17.0 Å². The lowest BCUT2D eigenvalue weighted by molar-refractivity contribution is -0.117. The molecule has 0 radical (unpaired) electrons. The second-order valence-corrected chi connectivity index (χ2v) is 9.52. The van der Waals surface area contributed by atoms with Crippen molar-refractivity contribution < 1.29 is 13.2 Å². The Morgan fingerprint density at radius 2 is 1.58 bits per heavy atom. The van der Waals surface area contributed by atoms with Crippen molar-refractivity contribution in [3.05, 3.63) is 24.3 Å². The molecule has 2 saturated heterocycles. The summed E-state index contributed by atoms with van der Waals surface area (Å²) < 4.78 is 22.4. The minimum absolute atomic E-state index is 0.0390. The van der Waals surface area contributed by atoms with Crippen LogP contribution in [0, 0.1) is 5.92 Å². The number of amides is 1. The summed E-state index contributed by atoms with van der Waals surface area (Å²) in [6.07, 6.45) is 5.27. The molecule has 3 rings (SSSR count). The van der Waals surface area contributed by atoms with E-state index in [-0.39, 0.29) is 24.0 Å². The molecule has 2 heterocycles.